The van der Waals surface area contributed by atoms with E-state index in [9.17, 15) is 22.8 Å². The summed E-state index contributed by atoms with van der Waals surface area (Å²) in [6, 6.07) is 3.15. The van der Waals surface area contributed by atoms with Gasteiger partial charge in [0.05, 0.1) is 5.56 Å². The van der Waals surface area contributed by atoms with Gasteiger partial charge in [-0.05, 0) is 19.1 Å². The van der Waals surface area contributed by atoms with Gasteiger partial charge in [0.15, 0.2) is 0 Å². The molecule has 0 amide bonds. The minimum Gasteiger partial charge on any atom is -0.478 e. The van der Waals surface area contributed by atoms with Gasteiger partial charge >= 0.3 is 12.3 Å². The highest BCUT2D eigenvalue weighted by atomic mass is 79.9. The van der Waals surface area contributed by atoms with Crippen LogP contribution in [0.15, 0.2) is 18.2 Å². The van der Waals surface area contributed by atoms with E-state index in [1.807, 2.05) is 0 Å². The first-order valence-corrected chi connectivity index (χ1v) is 5.81. The summed E-state index contributed by atoms with van der Waals surface area (Å²) in [5, 5.41) is 8.95. The number of carboxylic acids is 1. The molecule has 1 aromatic rings. The largest absolute Gasteiger partial charge is 0.573 e. The van der Waals surface area contributed by atoms with E-state index >= 15 is 0 Å². The number of halogens is 4. The molecule has 4 nitrogen and oxygen atoms in total. The number of aromatic carboxylic acids is 1. The van der Waals surface area contributed by atoms with E-state index in [4.69, 9.17) is 5.11 Å². The van der Waals surface area contributed by atoms with Gasteiger partial charge in [-0.2, -0.15) is 0 Å². The number of hydrogen-bond acceptors (Lipinski definition) is 3. The van der Waals surface area contributed by atoms with Crippen molar-refractivity contribution in [2.75, 3.05) is 0 Å². The zero-order chi connectivity index (χ0) is 14.8. The Morgan fingerprint density at radius 3 is 2.37 bits per heavy atom. The fourth-order valence-corrected chi connectivity index (χ4v) is 1.88. The maximum Gasteiger partial charge on any atom is 0.573 e. The number of rotatable bonds is 4. The highest BCUT2D eigenvalue weighted by Gasteiger charge is 2.34. The van der Waals surface area contributed by atoms with Gasteiger partial charge in [-0.3, -0.25) is 4.79 Å². The molecule has 0 aliphatic rings. The molecule has 1 atom stereocenters. The van der Waals surface area contributed by atoms with Gasteiger partial charge < -0.3 is 9.84 Å². The molecule has 0 saturated carbocycles. The van der Waals surface area contributed by atoms with Gasteiger partial charge in [0.25, 0.3) is 0 Å². The van der Waals surface area contributed by atoms with E-state index in [0.29, 0.717) is 0 Å². The second kappa shape index (κ2) is 5.60. The van der Waals surface area contributed by atoms with Crippen molar-refractivity contribution in [2.45, 2.75) is 18.1 Å². The fourth-order valence-electron chi connectivity index (χ4n) is 1.41. The van der Waals surface area contributed by atoms with Crippen LogP contribution in [0, 0.1) is 0 Å². The SMILES string of the molecule is CC(=O)C(Br)c1c(OC(F)(F)F)cccc1C(=O)O. The number of ketones is 1. The molecule has 8 heteroatoms. The Balaban J connectivity index is 3.42. The predicted molar refractivity (Wildman–Crippen MR) is 62.4 cm³/mol. The standard InChI is InChI=1S/C11H8BrF3O4/c1-5(16)9(12)8-6(10(17)18)3-2-4-7(8)19-11(13,14)15/h2-4,9H,1H3,(H,17,18). The second-order valence-corrected chi connectivity index (χ2v) is 4.46. The third kappa shape index (κ3) is 3.95. The first-order chi connectivity index (χ1) is 8.63. The number of benzene rings is 1. The molecule has 0 heterocycles. The summed E-state index contributed by atoms with van der Waals surface area (Å²) >= 11 is 2.87. The summed E-state index contributed by atoms with van der Waals surface area (Å²) in [4.78, 5) is 21.1. The Bertz CT molecular complexity index is 513. The van der Waals surface area contributed by atoms with Crippen LogP contribution in [0.3, 0.4) is 0 Å². The molecule has 0 radical (unpaired) electrons. The van der Waals surface area contributed by atoms with Crippen LogP contribution in [0.25, 0.3) is 0 Å². The van der Waals surface area contributed by atoms with Crippen molar-refractivity contribution < 1.29 is 32.6 Å². The van der Waals surface area contributed by atoms with Crippen molar-refractivity contribution in [2.24, 2.45) is 0 Å². The summed E-state index contributed by atoms with van der Waals surface area (Å²) in [7, 11) is 0. The molecular formula is C11H8BrF3O4. The molecule has 0 bridgehead atoms. The van der Waals surface area contributed by atoms with Crippen molar-refractivity contribution in [3.63, 3.8) is 0 Å². The molecule has 0 aliphatic carbocycles. The quantitative estimate of drug-likeness (QED) is 0.854. The zero-order valence-corrected chi connectivity index (χ0v) is 11.1. The van der Waals surface area contributed by atoms with E-state index in [-0.39, 0.29) is 5.56 Å². The number of alkyl halides is 4. The summed E-state index contributed by atoms with van der Waals surface area (Å²) < 4.78 is 40.5. The predicted octanol–water partition coefficient (Wildman–Crippen LogP) is 3.31. The van der Waals surface area contributed by atoms with E-state index in [0.717, 1.165) is 25.1 Å². The fraction of sp³-hybridized carbons (Fsp3) is 0.273. The smallest absolute Gasteiger partial charge is 0.478 e. The van der Waals surface area contributed by atoms with Crippen molar-refractivity contribution in [1.82, 2.24) is 0 Å². The van der Waals surface area contributed by atoms with Gasteiger partial charge in [0.1, 0.15) is 16.4 Å². The number of Topliss-reactive ketones (excluding diaryl/α,β-unsaturated/α-hetero) is 1. The van der Waals surface area contributed by atoms with E-state index < -0.39 is 34.3 Å². The van der Waals surface area contributed by atoms with Crippen molar-refractivity contribution in [3.8, 4) is 5.75 Å². The van der Waals surface area contributed by atoms with Crippen LogP contribution in [-0.4, -0.2) is 23.2 Å². The maximum absolute atomic E-state index is 12.2. The third-order valence-corrected chi connectivity index (χ3v) is 3.24. The number of hydrogen-bond donors (Lipinski definition) is 1. The molecule has 104 valence electrons. The van der Waals surface area contributed by atoms with Gasteiger partial charge in [0, 0.05) is 5.56 Å². The molecule has 1 N–H and O–H groups in total. The molecule has 0 spiro atoms. The summed E-state index contributed by atoms with van der Waals surface area (Å²) in [6.45, 7) is 1.12. The minimum atomic E-state index is -4.98. The van der Waals surface area contributed by atoms with Crippen molar-refractivity contribution >= 4 is 27.7 Å². The number of carbonyl (C=O) groups is 2. The normalized spacial score (nSPS) is 12.9. The first-order valence-electron chi connectivity index (χ1n) is 4.90. The Morgan fingerprint density at radius 1 is 1.37 bits per heavy atom. The zero-order valence-electron chi connectivity index (χ0n) is 9.49. The second-order valence-electron chi connectivity index (χ2n) is 3.54. The molecule has 0 saturated heterocycles. The van der Waals surface area contributed by atoms with Crippen LogP contribution in [0.5, 0.6) is 5.75 Å². The molecule has 0 aromatic heterocycles. The third-order valence-electron chi connectivity index (χ3n) is 2.13. The Hall–Kier alpha value is -1.57. The molecule has 1 rings (SSSR count). The number of ether oxygens (including phenoxy) is 1. The van der Waals surface area contributed by atoms with E-state index in [1.54, 1.807) is 0 Å². The summed E-state index contributed by atoms with van der Waals surface area (Å²) in [5.41, 5.74) is -0.793. The monoisotopic (exact) mass is 340 g/mol. The molecule has 19 heavy (non-hydrogen) atoms. The van der Waals surface area contributed by atoms with Crippen LogP contribution in [0.1, 0.15) is 27.7 Å². The average molecular weight is 341 g/mol. The molecule has 0 aliphatic heterocycles. The summed E-state index contributed by atoms with van der Waals surface area (Å²) in [5.74, 6) is -2.71. The molecule has 1 aromatic carbocycles. The first kappa shape index (κ1) is 15.5. The minimum absolute atomic E-state index is 0.361. The van der Waals surface area contributed by atoms with Gasteiger partial charge in [-0.25, -0.2) is 4.79 Å². The lowest BCUT2D eigenvalue weighted by molar-refractivity contribution is -0.274. The van der Waals surface area contributed by atoms with Gasteiger partial charge in [0.2, 0.25) is 0 Å². The van der Waals surface area contributed by atoms with Crippen molar-refractivity contribution in [1.29, 1.82) is 0 Å². The van der Waals surface area contributed by atoms with E-state index in [2.05, 4.69) is 20.7 Å². The lowest BCUT2D eigenvalue weighted by Gasteiger charge is -2.17. The average Bonchev–Trinajstić information content (AvgIpc) is 2.25. The van der Waals surface area contributed by atoms with Crippen LogP contribution in [0.4, 0.5) is 13.2 Å². The Morgan fingerprint density at radius 2 is 1.95 bits per heavy atom. The molecule has 0 fully saturated rings. The lowest BCUT2D eigenvalue weighted by Crippen LogP contribution is -2.20. The highest BCUT2D eigenvalue weighted by Crippen LogP contribution is 2.37. The highest BCUT2D eigenvalue weighted by molar-refractivity contribution is 9.09. The molecule has 1 unspecified atom stereocenters. The van der Waals surface area contributed by atoms with Crippen molar-refractivity contribution in [3.05, 3.63) is 29.3 Å². The van der Waals surface area contributed by atoms with Gasteiger partial charge in [-0.1, -0.05) is 22.0 Å². The Labute approximate surface area is 114 Å². The topological polar surface area (TPSA) is 63.6 Å². The molecular weight excluding hydrogens is 333 g/mol. The van der Waals surface area contributed by atoms with Crippen LogP contribution >= 0.6 is 15.9 Å². The number of carboxylic acid groups (broad SMARTS) is 1. The maximum atomic E-state index is 12.2. The summed E-state index contributed by atoms with van der Waals surface area (Å²) in [6.07, 6.45) is -4.98. The van der Waals surface area contributed by atoms with Crippen LogP contribution in [-0.2, 0) is 4.79 Å². The van der Waals surface area contributed by atoms with Crippen LogP contribution < -0.4 is 4.74 Å². The van der Waals surface area contributed by atoms with E-state index in [1.165, 1.54) is 0 Å². The number of carbonyl (C=O) groups excluding carboxylic acids is 1. The lowest BCUT2D eigenvalue weighted by atomic mass is 10.0. The van der Waals surface area contributed by atoms with Crippen LogP contribution in [0.2, 0.25) is 0 Å². The van der Waals surface area contributed by atoms with Gasteiger partial charge in [-0.15, -0.1) is 13.2 Å². The Kier molecular flexibility index (Phi) is 4.56.